The van der Waals surface area contributed by atoms with Crippen molar-refractivity contribution in [2.75, 3.05) is 6.26 Å². The maximum atomic E-state index is 10.9. The lowest BCUT2D eigenvalue weighted by molar-refractivity contribution is 0.0681. The maximum Gasteiger partial charge on any atom is 0.374 e. The van der Waals surface area contributed by atoms with Gasteiger partial charge in [-0.2, -0.15) is 0 Å². The van der Waals surface area contributed by atoms with Gasteiger partial charge in [0.2, 0.25) is 5.82 Å². The summed E-state index contributed by atoms with van der Waals surface area (Å²) < 4.78 is 0. The largest absolute Gasteiger partial charge is 0.476 e. The SMILES string of the molecule is CC.CSc1nc2nc(C(=O)O)nc(C(=O)O)c2[nH]1. The number of nitrogens with zero attached hydrogens (tertiary/aromatic N) is 3. The molecule has 0 unspecified atom stereocenters. The van der Waals surface area contributed by atoms with Crippen LogP contribution in [0.2, 0.25) is 0 Å². The monoisotopic (exact) mass is 284 g/mol. The molecule has 19 heavy (non-hydrogen) atoms. The van der Waals surface area contributed by atoms with Crippen LogP contribution in [0.5, 0.6) is 0 Å². The Morgan fingerprint density at radius 2 is 1.74 bits per heavy atom. The van der Waals surface area contributed by atoms with E-state index < -0.39 is 23.5 Å². The van der Waals surface area contributed by atoms with Crippen LogP contribution < -0.4 is 0 Å². The van der Waals surface area contributed by atoms with Crippen molar-refractivity contribution in [3.8, 4) is 0 Å². The highest BCUT2D eigenvalue weighted by Crippen LogP contribution is 2.18. The fourth-order valence-corrected chi connectivity index (χ4v) is 1.60. The van der Waals surface area contributed by atoms with E-state index in [4.69, 9.17) is 10.2 Å². The summed E-state index contributed by atoms with van der Waals surface area (Å²) in [4.78, 5) is 35.5. The normalized spacial score (nSPS) is 9.84. The minimum atomic E-state index is -1.40. The molecule has 0 aliphatic heterocycles. The quantitative estimate of drug-likeness (QED) is 0.723. The lowest BCUT2D eigenvalue weighted by atomic mass is 10.3. The Labute approximate surface area is 112 Å². The van der Waals surface area contributed by atoms with Gasteiger partial charge in [-0.05, 0) is 6.26 Å². The first-order chi connectivity index (χ1) is 9.02. The molecule has 0 saturated carbocycles. The number of nitrogens with one attached hydrogen (secondary N) is 1. The molecule has 2 heterocycles. The van der Waals surface area contributed by atoms with Gasteiger partial charge in [-0.15, -0.1) is 0 Å². The van der Waals surface area contributed by atoms with E-state index in [1.807, 2.05) is 13.8 Å². The molecule has 9 heteroatoms. The van der Waals surface area contributed by atoms with Crippen LogP contribution in [0.15, 0.2) is 5.16 Å². The van der Waals surface area contributed by atoms with Gasteiger partial charge in [0.25, 0.3) is 0 Å². The summed E-state index contributed by atoms with van der Waals surface area (Å²) in [5.41, 5.74) is -0.258. The second-order valence-electron chi connectivity index (χ2n) is 2.95. The maximum absolute atomic E-state index is 10.9. The highest BCUT2D eigenvalue weighted by Gasteiger charge is 2.20. The second kappa shape index (κ2) is 6.14. The molecule has 0 spiro atoms. The molecule has 102 valence electrons. The van der Waals surface area contributed by atoms with Crippen molar-refractivity contribution >= 4 is 34.9 Å². The van der Waals surface area contributed by atoms with Gasteiger partial charge in [-0.25, -0.2) is 24.5 Å². The molecular formula is C10H12N4O4S. The highest BCUT2D eigenvalue weighted by atomic mass is 32.2. The molecule has 8 nitrogen and oxygen atoms in total. The van der Waals surface area contributed by atoms with Crippen molar-refractivity contribution in [3.05, 3.63) is 11.5 Å². The van der Waals surface area contributed by atoms with Crippen LogP contribution >= 0.6 is 11.8 Å². The molecule has 2 aromatic rings. The predicted octanol–water partition coefficient (Wildman–Crippen LogP) is 1.50. The molecule has 2 rings (SSSR count). The standard InChI is InChI=1S/C8H6N4O4S.C2H6/c1-17-8-10-2-3(6(13)14)9-5(7(15)16)11-4(2)12-8;1-2/h1H3,(H,13,14)(H,15,16)(H,9,10,11,12);1-2H3. The van der Waals surface area contributed by atoms with E-state index in [2.05, 4.69) is 19.9 Å². The number of H-pyrrole nitrogens is 1. The Hall–Kier alpha value is -2.16. The third-order valence-corrected chi connectivity index (χ3v) is 2.50. The summed E-state index contributed by atoms with van der Waals surface area (Å²) in [6.45, 7) is 4.00. The van der Waals surface area contributed by atoms with Crippen molar-refractivity contribution < 1.29 is 19.8 Å². The molecular weight excluding hydrogens is 272 g/mol. The summed E-state index contributed by atoms with van der Waals surface area (Å²) >= 11 is 1.25. The van der Waals surface area contributed by atoms with Gasteiger partial charge in [0, 0.05) is 0 Å². The van der Waals surface area contributed by atoms with Gasteiger partial charge in [0.1, 0.15) is 5.52 Å². The molecule has 0 saturated heterocycles. The number of hydrogen-bond donors (Lipinski definition) is 3. The molecule has 0 aliphatic rings. The zero-order valence-electron chi connectivity index (χ0n) is 10.5. The van der Waals surface area contributed by atoms with Crippen LogP contribution in [0.4, 0.5) is 0 Å². The molecule has 0 radical (unpaired) electrons. The van der Waals surface area contributed by atoms with Gasteiger partial charge < -0.3 is 15.2 Å². The Bertz CT molecular complexity index is 625. The van der Waals surface area contributed by atoms with Crippen LogP contribution in [0, 0.1) is 0 Å². The van der Waals surface area contributed by atoms with Crippen LogP contribution in [-0.4, -0.2) is 48.3 Å². The van der Waals surface area contributed by atoms with E-state index in [1.165, 1.54) is 11.8 Å². The smallest absolute Gasteiger partial charge is 0.374 e. The topological polar surface area (TPSA) is 129 Å². The first-order valence-electron chi connectivity index (χ1n) is 5.31. The number of aromatic carboxylic acids is 2. The Morgan fingerprint density at radius 1 is 1.11 bits per heavy atom. The highest BCUT2D eigenvalue weighted by molar-refractivity contribution is 7.98. The minimum absolute atomic E-state index is 0.0270. The van der Waals surface area contributed by atoms with Crippen molar-refractivity contribution in [2.45, 2.75) is 19.0 Å². The Morgan fingerprint density at radius 3 is 2.21 bits per heavy atom. The lowest BCUT2D eigenvalue weighted by Gasteiger charge is -1.97. The number of rotatable bonds is 3. The average molecular weight is 284 g/mol. The zero-order valence-corrected chi connectivity index (χ0v) is 11.3. The van der Waals surface area contributed by atoms with Gasteiger partial charge in [-0.3, -0.25) is 0 Å². The van der Waals surface area contributed by atoms with Crippen LogP contribution in [0.3, 0.4) is 0 Å². The van der Waals surface area contributed by atoms with Crippen LogP contribution in [-0.2, 0) is 0 Å². The molecule has 2 aromatic heterocycles. The van der Waals surface area contributed by atoms with Gasteiger partial charge in [-0.1, -0.05) is 25.6 Å². The number of imidazole rings is 1. The molecule has 0 bridgehead atoms. The summed E-state index contributed by atoms with van der Waals surface area (Å²) in [6.07, 6.45) is 1.74. The van der Waals surface area contributed by atoms with E-state index in [-0.39, 0.29) is 11.2 Å². The molecule has 0 fully saturated rings. The average Bonchev–Trinajstić information content (AvgIpc) is 2.82. The summed E-state index contributed by atoms with van der Waals surface area (Å²) in [7, 11) is 0. The third-order valence-electron chi connectivity index (χ3n) is 1.92. The number of fused-ring (bicyclic) bond motifs is 1. The molecule has 0 aromatic carbocycles. The van der Waals surface area contributed by atoms with Gasteiger partial charge >= 0.3 is 11.9 Å². The molecule has 3 N–H and O–H groups in total. The number of aromatic amines is 1. The molecule has 0 aliphatic carbocycles. The fourth-order valence-electron chi connectivity index (χ4n) is 1.22. The van der Waals surface area contributed by atoms with E-state index in [9.17, 15) is 9.59 Å². The van der Waals surface area contributed by atoms with E-state index in [0.29, 0.717) is 5.16 Å². The summed E-state index contributed by atoms with van der Waals surface area (Å²) in [6, 6.07) is 0. The molecule has 0 atom stereocenters. The van der Waals surface area contributed by atoms with E-state index >= 15 is 0 Å². The predicted molar refractivity (Wildman–Crippen MR) is 68.7 cm³/mol. The Kier molecular flexibility index (Phi) is 4.81. The van der Waals surface area contributed by atoms with Gasteiger partial charge in [0.05, 0.1) is 0 Å². The lowest BCUT2D eigenvalue weighted by Crippen LogP contribution is -2.10. The fraction of sp³-hybridized carbons (Fsp3) is 0.300. The number of carboxylic acid groups (broad SMARTS) is 2. The second-order valence-corrected chi connectivity index (χ2v) is 3.75. The van der Waals surface area contributed by atoms with Crippen molar-refractivity contribution in [1.29, 1.82) is 0 Å². The van der Waals surface area contributed by atoms with Crippen molar-refractivity contribution in [2.24, 2.45) is 0 Å². The summed E-state index contributed by atoms with van der Waals surface area (Å²) in [5, 5.41) is 18.1. The number of carbonyl (C=O) groups is 2. The zero-order chi connectivity index (χ0) is 14.6. The number of thioether (sulfide) groups is 1. The van der Waals surface area contributed by atoms with E-state index in [0.717, 1.165) is 0 Å². The number of hydrogen-bond acceptors (Lipinski definition) is 6. The number of carboxylic acids is 2. The van der Waals surface area contributed by atoms with Crippen molar-refractivity contribution in [1.82, 2.24) is 19.9 Å². The van der Waals surface area contributed by atoms with Gasteiger partial charge in [0.15, 0.2) is 16.5 Å². The first kappa shape index (κ1) is 14.9. The third kappa shape index (κ3) is 2.99. The number of aromatic nitrogens is 4. The molecule has 0 amide bonds. The minimum Gasteiger partial charge on any atom is -0.476 e. The van der Waals surface area contributed by atoms with Crippen LogP contribution in [0.25, 0.3) is 11.2 Å². The van der Waals surface area contributed by atoms with Crippen molar-refractivity contribution in [3.63, 3.8) is 0 Å². The summed E-state index contributed by atoms with van der Waals surface area (Å²) in [5.74, 6) is -3.33. The first-order valence-corrected chi connectivity index (χ1v) is 6.53. The van der Waals surface area contributed by atoms with Crippen LogP contribution in [0.1, 0.15) is 35.0 Å². The van der Waals surface area contributed by atoms with E-state index in [1.54, 1.807) is 6.26 Å². The Balaban J connectivity index is 0.000000861.